The van der Waals surface area contributed by atoms with Gasteiger partial charge in [0.1, 0.15) is 0 Å². The van der Waals surface area contributed by atoms with E-state index in [9.17, 15) is 5.11 Å². The van der Waals surface area contributed by atoms with Gasteiger partial charge in [-0.2, -0.15) is 11.8 Å². The Labute approximate surface area is 79.9 Å². The van der Waals surface area contributed by atoms with Crippen LogP contribution >= 0.6 is 11.8 Å². The second kappa shape index (κ2) is 8.96. The van der Waals surface area contributed by atoms with Crippen LogP contribution in [0.25, 0.3) is 0 Å². The van der Waals surface area contributed by atoms with Gasteiger partial charge in [0.05, 0.1) is 6.10 Å². The molecule has 0 spiro atoms. The Morgan fingerprint density at radius 2 is 2.33 bits per heavy atom. The zero-order valence-electron chi connectivity index (χ0n) is 7.75. The third-order valence-corrected chi connectivity index (χ3v) is 2.83. The van der Waals surface area contributed by atoms with E-state index in [2.05, 4.69) is 12.8 Å². The number of thioether (sulfide) groups is 1. The first-order valence-corrected chi connectivity index (χ1v) is 5.66. The van der Waals surface area contributed by atoms with E-state index < -0.39 is 0 Å². The number of aliphatic hydroxyl groups excluding tert-OH is 1. The van der Waals surface area contributed by atoms with Crippen LogP contribution in [-0.2, 0) is 0 Å². The van der Waals surface area contributed by atoms with Crippen LogP contribution in [0.5, 0.6) is 0 Å². The van der Waals surface area contributed by atoms with Crippen molar-refractivity contribution in [2.24, 2.45) is 0 Å². The first kappa shape index (κ1) is 11.9. The molecule has 1 N–H and O–H groups in total. The molecule has 0 aliphatic heterocycles. The molecule has 1 atom stereocenters. The molecule has 12 heavy (non-hydrogen) atoms. The van der Waals surface area contributed by atoms with Crippen LogP contribution in [-0.4, -0.2) is 22.7 Å². The molecule has 0 aliphatic carbocycles. The van der Waals surface area contributed by atoms with Gasteiger partial charge in [-0.05, 0) is 25.0 Å². The van der Waals surface area contributed by atoms with Crippen molar-refractivity contribution in [3.8, 4) is 12.3 Å². The number of hydrogen-bond acceptors (Lipinski definition) is 2. The molecule has 0 aromatic heterocycles. The highest BCUT2D eigenvalue weighted by Gasteiger charge is 2.02. The van der Waals surface area contributed by atoms with Crippen molar-refractivity contribution < 1.29 is 5.11 Å². The van der Waals surface area contributed by atoms with E-state index in [4.69, 9.17) is 6.42 Å². The average Bonchev–Trinajstić information content (AvgIpc) is 2.06. The van der Waals surface area contributed by atoms with Crippen molar-refractivity contribution in [1.29, 1.82) is 0 Å². The van der Waals surface area contributed by atoms with Crippen LogP contribution in [0.4, 0.5) is 0 Å². The fourth-order valence-electron chi connectivity index (χ4n) is 0.887. The third-order valence-electron chi connectivity index (χ3n) is 1.52. The van der Waals surface area contributed by atoms with Crippen molar-refractivity contribution in [2.45, 2.75) is 38.7 Å². The van der Waals surface area contributed by atoms with Crippen LogP contribution in [0.15, 0.2) is 0 Å². The molecule has 0 radical (unpaired) electrons. The molecule has 1 unspecified atom stereocenters. The van der Waals surface area contributed by atoms with Gasteiger partial charge in [-0.15, -0.1) is 12.3 Å². The number of hydrogen-bond donors (Lipinski definition) is 1. The average molecular weight is 186 g/mol. The van der Waals surface area contributed by atoms with E-state index in [1.54, 1.807) is 0 Å². The van der Waals surface area contributed by atoms with Gasteiger partial charge in [0.25, 0.3) is 0 Å². The van der Waals surface area contributed by atoms with Gasteiger partial charge in [-0.1, -0.05) is 6.92 Å². The highest BCUT2D eigenvalue weighted by molar-refractivity contribution is 7.99. The van der Waals surface area contributed by atoms with Gasteiger partial charge in [-0.3, -0.25) is 0 Å². The summed E-state index contributed by atoms with van der Waals surface area (Å²) in [4.78, 5) is 0. The van der Waals surface area contributed by atoms with Gasteiger partial charge in [0.15, 0.2) is 0 Å². The van der Waals surface area contributed by atoms with Crippen LogP contribution in [0, 0.1) is 12.3 Å². The summed E-state index contributed by atoms with van der Waals surface area (Å²) in [5.74, 6) is 4.58. The predicted molar refractivity (Wildman–Crippen MR) is 56.3 cm³/mol. The molecular formula is C10H18OS. The van der Waals surface area contributed by atoms with E-state index in [0.29, 0.717) is 0 Å². The number of terminal acetylenes is 1. The van der Waals surface area contributed by atoms with Gasteiger partial charge in [0, 0.05) is 12.2 Å². The summed E-state index contributed by atoms with van der Waals surface area (Å²) in [6.07, 6.45) is 8.71. The quantitative estimate of drug-likeness (QED) is 0.486. The molecule has 0 heterocycles. The number of rotatable bonds is 7. The molecule has 0 aromatic carbocycles. The molecular weight excluding hydrogens is 168 g/mol. The minimum Gasteiger partial charge on any atom is -0.392 e. The maximum absolute atomic E-state index is 9.41. The van der Waals surface area contributed by atoms with Crippen molar-refractivity contribution in [3.63, 3.8) is 0 Å². The molecule has 0 rings (SSSR count). The normalized spacial score (nSPS) is 12.4. The highest BCUT2D eigenvalue weighted by Crippen LogP contribution is 2.09. The molecule has 0 fully saturated rings. The van der Waals surface area contributed by atoms with Crippen LogP contribution < -0.4 is 0 Å². The fraction of sp³-hybridized carbons (Fsp3) is 0.800. The molecule has 0 aromatic rings. The zero-order valence-corrected chi connectivity index (χ0v) is 8.57. The Kier molecular flexibility index (Phi) is 8.86. The summed E-state index contributed by atoms with van der Waals surface area (Å²) in [5, 5.41) is 9.41. The maximum Gasteiger partial charge on any atom is 0.0630 e. The SMILES string of the molecule is C#CCCCC(O)CSCCC. The molecule has 1 nitrogen and oxygen atoms in total. The van der Waals surface area contributed by atoms with Crippen LogP contribution in [0.3, 0.4) is 0 Å². The Morgan fingerprint density at radius 1 is 1.58 bits per heavy atom. The smallest absolute Gasteiger partial charge is 0.0630 e. The largest absolute Gasteiger partial charge is 0.392 e. The lowest BCUT2D eigenvalue weighted by Crippen LogP contribution is -2.09. The molecule has 0 saturated heterocycles. The van der Waals surface area contributed by atoms with Crippen molar-refractivity contribution >= 4 is 11.8 Å². The second-order valence-corrected chi connectivity index (χ2v) is 3.97. The standard InChI is InChI=1S/C10H18OS/c1-3-5-6-7-10(11)9-12-8-4-2/h1,10-11H,4-9H2,2H3. The highest BCUT2D eigenvalue weighted by atomic mass is 32.2. The summed E-state index contributed by atoms with van der Waals surface area (Å²) >= 11 is 1.82. The van der Waals surface area contributed by atoms with Crippen molar-refractivity contribution in [1.82, 2.24) is 0 Å². The van der Waals surface area contributed by atoms with Crippen molar-refractivity contribution in [3.05, 3.63) is 0 Å². The second-order valence-electron chi connectivity index (χ2n) is 2.83. The van der Waals surface area contributed by atoms with E-state index >= 15 is 0 Å². The Bertz CT molecular complexity index is 128. The maximum atomic E-state index is 9.41. The molecule has 2 heteroatoms. The van der Waals surface area contributed by atoms with E-state index in [1.165, 1.54) is 6.42 Å². The van der Waals surface area contributed by atoms with Gasteiger partial charge < -0.3 is 5.11 Å². The lowest BCUT2D eigenvalue weighted by molar-refractivity contribution is 0.187. The predicted octanol–water partition coefficient (Wildman–Crippen LogP) is 2.29. The lowest BCUT2D eigenvalue weighted by Gasteiger charge is -2.07. The van der Waals surface area contributed by atoms with Gasteiger partial charge in [-0.25, -0.2) is 0 Å². The third kappa shape index (κ3) is 7.97. The Morgan fingerprint density at radius 3 is 2.92 bits per heavy atom. The van der Waals surface area contributed by atoms with Gasteiger partial charge in [0.2, 0.25) is 0 Å². The van der Waals surface area contributed by atoms with Crippen molar-refractivity contribution in [2.75, 3.05) is 11.5 Å². The lowest BCUT2D eigenvalue weighted by atomic mass is 10.2. The zero-order chi connectivity index (χ0) is 9.23. The van der Waals surface area contributed by atoms with E-state index in [-0.39, 0.29) is 6.10 Å². The summed E-state index contributed by atoms with van der Waals surface area (Å²) in [7, 11) is 0. The molecule has 0 saturated carbocycles. The first-order chi connectivity index (χ1) is 5.81. The minimum atomic E-state index is -0.158. The Balaban J connectivity index is 3.11. The monoisotopic (exact) mass is 186 g/mol. The first-order valence-electron chi connectivity index (χ1n) is 4.50. The van der Waals surface area contributed by atoms with Gasteiger partial charge >= 0.3 is 0 Å². The topological polar surface area (TPSA) is 20.2 Å². The van der Waals surface area contributed by atoms with E-state index in [0.717, 1.165) is 30.8 Å². The number of unbranched alkanes of at least 4 members (excludes halogenated alkanes) is 1. The summed E-state index contributed by atoms with van der Waals surface area (Å²) in [6, 6.07) is 0. The Hall–Kier alpha value is -0.130. The van der Waals surface area contributed by atoms with E-state index in [1.807, 2.05) is 11.8 Å². The number of aliphatic hydroxyl groups is 1. The fourth-order valence-corrected chi connectivity index (χ4v) is 1.78. The molecule has 0 bridgehead atoms. The summed E-state index contributed by atoms with van der Waals surface area (Å²) < 4.78 is 0. The molecule has 0 amide bonds. The van der Waals surface area contributed by atoms with Crippen LogP contribution in [0.1, 0.15) is 32.6 Å². The summed E-state index contributed by atoms with van der Waals surface area (Å²) in [5.41, 5.74) is 0. The van der Waals surface area contributed by atoms with Crippen LogP contribution in [0.2, 0.25) is 0 Å². The molecule has 70 valence electrons. The summed E-state index contributed by atoms with van der Waals surface area (Å²) in [6.45, 7) is 2.15. The minimum absolute atomic E-state index is 0.158. The molecule has 0 aliphatic rings.